The zero-order valence-electron chi connectivity index (χ0n) is 11.5. The molecule has 2 aromatic rings. The van der Waals surface area contributed by atoms with E-state index in [1.807, 2.05) is 0 Å². The Morgan fingerprint density at radius 1 is 1.18 bits per heavy atom. The summed E-state index contributed by atoms with van der Waals surface area (Å²) in [6.07, 6.45) is 1.33. The van der Waals surface area contributed by atoms with Gasteiger partial charge in [-0.1, -0.05) is 11.6 Å². The molecule has 0 radical (unpaired) electrons. The Balaban J connectivity index is 2.30. The molecule has 2 amide bonds. The smallest absolute Gasteiger partial charge is 0.259 e. The van der Waals surface area contributed by atoms with Crippen molar-refractivity contribution >= 4 is 29.1 Å². The Kier molecular flexibility index (Phi) is 5.06. The Bertz CT molecular complexity index is 674. The maximum absolute atomic E-state index is 13.0. The van der Waals surface area contributed by atoms with Crippen LogP contribution in [0.5, 0.6) is 0 Å². The van der Waals surface area contributed by atoms with Crippen LogP contribution in [0.25, 0.3) is 0 Å². The molecule has 1 heterocycles. The second-order valence-corrected chi connectivity index (χ2v) is 4.91. The van der Waals surface area contributed by atoms with Crippen molar-refractivity contribution in [2.24, 2.45) is 5.73 Å². The highest BCUT2D eigenvalue weighted by atomic mass is 35.5. The molecule has 1 aromatic heterocycles. The molecule has 2 N–H and O–H groups in total. The van der Waals surface area contributed by atoms with Gasteiger partial charge in [0.1, 0.15) is 11.0 Å². The summed E-state index contributed by atoms with van der Waals surface area (Å²) >= 11 is 5.69. The number of amides is 2. The van der Waals surface area contributed by atoms with Gasteiger partial charge in [-0.3, -0.25) is 9.59 Å². The molecule has 22 heavy (non-hydrogen) atoms. The number of nitrogens with zero attached hydrogens (tertiary/aromatic N) is 2. The molecule has 0 saturated carbocycles. The molecule has 0 spiro atoms. The summed E-state index contributed by atoms with van der Waals surface area (Å²) in [6, 6.07) is 8.40. The van der Waals surface area contributed by atoms with E-state index in [2.05, 4.69) is 4.98 Å². The maximum Gasteiger partial charge on any atom is 0.259 e. The average Bonchev–Trinajstić information content (AvgIpc) is 2.49. The Hall–Kier alpha value is -2.47. The number of hydrogen-bond donors (Lipinski definition) is 1. The number of benzene rings is 1. The van der Waals surface area contributed by atoms with Gasteiger partial charge in [0.15, 0.2) is 0 Å². The fourth-order valence-electron chi connectivity index (χ4n) is 1.85. The third kappa shape index (κ3) is 4.02. The van der Waals surface area contributed by atoms with Gasteiger partial charge in [0, 0.05) is 24.8 Å². The molecular weight excluding hydrogens is 309 g/mol. The summed E-state index contributed by atoms with van der Waals surface area (Å²) in [6.45, 7) is 0.0857. The number of carbonyl (C=O) groups excluding carboxylic acids is 2. The van der Waals surface area contributed by atoms with E-state index in [0.29, 0.717) is 11.3 Å². The van der Waals surface area contributed by atoms with Crippen LogP contribution in [-0.2, 0) is 4.79 Å². The summed E-state index contributed by atoms with van der Waals surface area (Å²) in [7, 11) is 0. The molecular formula is C15H13ClFN3O2. The van der Waals surface area contributed by atoms with Crippen LogP contribution < -0.4 is 10.6 Å². The van der Waals surface area contributed by atoms with Crippen molar-refractivity contribution in [1.82, 2.24) is 4.98 Å². The lowest BCUT2D eigenvalue weighted by molar-refractivity contribution is -0.117. The van der Waals surface area contributed by atoms with Gasteiger partial charge in [0.2, 0.25) is 5.91 Å². The van der Waals surface area contributed by atoms with Crippen LogP contribution in [0.15, 0.2) is 42.6 Å². The molecule has 2 rings (SSSR count). The van der Waals surface area contributed by atoms with E-state index in [1.54, 1.807) is 0 Å². The first-order valence-corrected chi connectivity index (χ1v) is 6.82. The number of halogens is 2. The van der Waals surface area contributed by atoms with Crippen LogP contribution in [0.3, 0.4) is 0 Å². The SMILES string of the molecule is NC(=O)CCN(C(=O)c1ccc(Cl)nc1)c1ccc(F)cc1. The molecule has 0 saturated heterocycles. The number of pyridine rings is 1. The standard InChI is InChI=1S/C15H13ClFN3O2/c16-13-6-1-10(9-19-13)15(22)20(8-7-14(18)21)12-4-2-11(17)3-5-12/h1-6,9H,7-8H2,(H2,18,21). The van der Waals surface area contributed by atoms with E-state index in [0.717, 1.165) is 0 Å². The first kappa shape index (κ1) is 15.9. The zero-order valence-corrected chi connectivity index (χ0v) is 12.3. The second kappa shape index (κ2) is 7.00. The highest BCUT2D eigenvalue weighted by Crippen LogP contribution is 2.18. The normalized spacial score (nSPS) is 10.3. The number of aromatic nitrogens is 1. The van der Waals surface area contributed by atoms with Crippen LogP contribution in [0.1, 0.15) is 16.8 Å². The van der Waals surface area contributed by atoms with Crippen molar-refractivity contribution < 1.29 is 14.0 Å². The van der Waals surface area contributed by atoms with Gasteiger partial charge in [-0.2, -0.15) is 0 Å². The Labute approximate surface area is 131 Å². The van der Waals surface area contributed by atoms with Crippen molar-refractivity contribution in [1.29, 1.82) is 0 Å². The van der Waals surface area contributed by atoms with Crippen LogP contribution in [0, 0.1) is 5.82 Å². The molecule has 0 fully saturated rings. The summed E-state index contributed by atoms with van der Waals surface area (Å²) in [5.41, 5.74) is 5.90. The molecule has 7 heteroatoms. The van der Waals surface area contributed by atoms with Gasteiger partial charge in [-0.05, 0) is 36.4 Å². The van der Waals surface area contributed by atoms with Crippen molar-refractivity contribution in [2.45, 2.75) is 6.42 Å². The van der Waals surface area contributed by atoms with Crippen molar-refractivity contribution in [2.75, 3.05) is 11.4 Å². The lowest BCUT2D eigenvalue weighted by Crippen LogP contribution is -2.34. The van der Waals surface area contributed by atoms with E-state index < -0.39 is 11.7 Å². The minimum absolute atomic E-state index is 0.00979. The maximum atomic E-state index is 13.0. The third-order valence-electron chi connectivity index (χ3n) is 2.94. The van der Waals surface area contributed by atoms with E-state index in [9.17, 15) is 14.0 Å². The van der Waals surface area contributed by atoms with Gasteiger partial charge >= 0.3 is 0 Å². The summed E-state index contributed by atoms with van der Waals surface area (Å²) in [5, 5.41) is 0.266. The number of rotatable bonds is 5. The molecule has 5 nitrogen and oxygen atoms in total. The lowest BCUT2D eigenvalue weighted by Gasteiger charge is -2.22. The van der Waals surface area contributed by atoms with Gasteiger partial charge in [-0.15, -0.1) is 0 Å². The molecule has 0 aliphatic carbocycles. The molecule has 114 valence electrons. The monoisotopic (exact) mass is 321 g/mol. The van der Waals surface area contributed by atoms with Crippen LogP contribution >= 0.6 is 11.6 Å². The average molecular weight is 322 g/mol. The van der Waals surface area contributed by atoms with Crippen molar-refractivity contribution in [3.05, 3.63) is 59.1 Å². The first-order chi connectivity index (χ1) is 10.5. The number of primary amides is 1. The van der Waals surface area contributed by atoms with Gasteiger partial charge in [-0.25, -0.2) is 9.37 Å². The van der Waals surface area contributed by atoms with E-state index >= 15 is 0 Å². The molecule has 0 aliphatic rings. The Morgan fingerprint density at radius 2 is 1.86 bits per heavy atom. The van der Waals surface area contributed by atoms with Crippen LogP contribution in [0.4, 0.5) is 10.1 Å². The Morgan fingerprint density at radius 3 is 2.41 bits per heavy atom. The highest BCUT2D eigenvalue weighted by molar-refractivity contribution is 6.29. The quantitative estimate of drug-likeness (QED) is 0.859. The highest BCUT2D eigenvalue weighted by Gasteiger charge is 2.18. The van der Waals surface area contributed by atoms with E-state index in [-0.39, 0.29) is 24.0 Å². The first-order valence-electron chi connectivity index (χ1n) is 6.44. The van der Waals surface area contributed by atoms with Gasteiger partial charge in [0.05, 0.1) is 5.56 Å². The second-order valence-electron chi connectivity index (χ2n) is 4.52. The molecule has 0 aliphatic heterocycles. The summed E-state index contributed by atoms with van der Waals surface area (Å²) in [4.78, 5) is 28.7. The molecule has 0 atom stereocenters. The molecule has 1 aromatic carbocycles. The lowest BCUT2D eigenvalue weighted by atomic mass is 10.2. The zero-order chi connectivity index (χ0) is 16.1. The van der Waals surface area contributed by atoms with Gasteiger partial charge < -0.3 is 10.6 Å². The van der Waals surface area contributed by atoms with Crippen LogP contribution in [-0.4, -0.2) is 23.3 Å². The fraction of sp³-hybridized carbons (Fsp3) is 0.133. The van der Waals surface area contributed by atoms with Gasteiger partial charge in [0.25, 0.3) is 5.91 Å². The number of anilines is 1. The number of nitrogens with two attached hydrogens (primary N) is 1. The number of carbonyl (C=O) groups is 2. The topological polar surface area (TPSA) is 76.3 Å². The molecule has 0 bridgehead atoms. The minimum atomic E-state index is -0.533. The van der Waals surface area contributed by atoms with E-state index in [1.165, 1.54) is 47.5 Å². The summed E-state index contributed by atoms with van der Waals surface area (Å²) < 4.78 is 13.0. The summed E-state index contributed by atoms with van der Waals surface area (Å²) in [5.74, 6) is -1.33. The third-order valence-corrected chi connectivity index (χ3v) is 3.16. The molecule has 0 unspecified atom stereocenters. The fourth-order valence-corrected chi connectivity index (χ4v) is 1.96. The van der Waals surface area contributed by atoms with E-state index in [4.69, 9.17) is 17.3 Å². The van der Waals surface area contributed by atoms with Crippen LogP contribution in [0.2, 0.25) is 5.15 Å². The largest absolute Gasteiger partial charge is 0.370 e. The minimum Gasteiger partial charge on any atom is -0.370 e. The number of hydrogen-bond acceptors (Lipinski definition) is 3. The predicted molar refractivity (Wildman–Crippen MR) is 81.1 cm³/mol. The van der Waals surface area contributed by atoms with Crippen molar-refractivity contribution in [3.63, 3.8) is 0 Å². The predicted octanol–water partition coefficient (Wildman–Crippen LogP) is 2.40. The van der Waals surface area contributed by atoms with Crippen molar-refractivity contribution in [3.8, 4) is 0 Å².